The zero-order chi connectivity index (χ0) is 13.5. The highest BCUT2D eigenvalue weighted by atomic mass is 31.1. The van der Waals surface area contributed by atoms with Gasteiger partial charge in [-0.25, -0.2) is 9.97 Å². The quantitative estimate of drug-likeness (QED) is 0.766. The molecule has 1 fully saturated rings. The SMILES string of the molecule is Nc1ncnc2c(CC3(OC[P+](=O)O)CC3)cnn12. The van der Waals surface area contributed by atoms with E-state index >= 15 is 0 Å². The maximum Gasteiger partial charge on any atom is 0.534 e. The van der Waals surface area contributed by atoms with Gasteiger partial charge in [0.05, 0.1) is 11.8 Å². The first kappa shape index (κ1) is 12.4. The van der Waals surface area contributed by atoms with Gasteiger partial charge in [0.15, 0.2) is 5.65 Å². The Morgan fingerprint density at radius 1 is 1.53 bits per heavy atom. The van der Waals surface area contributed by atoms with Crippen molar-refractivity contribution in [2.45, 2.75) is 24.9 Å². The molecule has 3 N–H and O–H groups in total. The van der Waals surface area contributed by atoms with Gasteiger partial charge in [0.1, 0.15) is 6.33 Å². The molecular formula is C10H13N5O3P+. The number of nitrogen functional groups attached to an aromatic ring is 1. The molecule has 0 amide bonds. The van der Waals surface area contributed by atoms with Crippen molar-refractivity contribution in [2.75, 3.05) is 12.1 Å². The summed E-state index contributed by atoms with van der Waals surface area (Å²) in [5.41, 5.74) is 6.89. The monoisotopic (exact) mass is 282 g/mol. The topological polar surface area (TPSA) is 116 Å². The molecule has 3 rings (SSSR count). The van der Waals surface area contributed by atoms with E-state index in [1.54, 1.807) is 6.20 Å². The summed E-state index contributed by atoms with van der Waals surface area (Å²) >= 11 is 0. The molecule has 2 heterocycles. The van der Waals surface area contributed by atoms with E-state index in [4.69, 9.17) is 15.4 Å². The van der Waals surface area contributed by atoms with Gasteiger partial charge in [-0.15, -0.1) is 0 Å². The third kappa shape index (κ3) is 2.42. The van der Waals surface area contributed by atoms with Crippen LogP contribution in [-0.4, -0.2) is 36.4 Å². The summed E-state index contributed by atoms with van der Waals surface area (Å²) in [6, 6.07) is 0. The number of rotatable bonds is 5. The third-order valence-electron chi connectivity index (χ3n) is 3.21. The first-order valence-corrected chi connectivity index (χ1v) is 7.20. The van der Waals surface area contributed by atoms with Crippen molar-refractivity contribution in [1.82, 2.24) is 19.6 Å². The van der Waals surface area contributed by atoms with Crippen molar-refractivity contribution in [2.24, 2.45) is 0 Å². The second-order valence-electron chi connectivity index (χ2n) is 4.62. The van der Waals surface area contributed by atoms with Crippen LogP contribution in [0.4, 0.5) is 5.95 Å². The number of aromatic nitrogens is 4. The molecule has 1 unspecified atom stereocenters. The molecule has 19 heavy (non-hydrogen) atoms. The molecular weight excluding hydrogens is 269 g/mol. The van der Waals surface area contributed by atoms with Crippen LogP contribution >= 0.6 is 8.03 Å². The van der Waals surface area contributed by atoms with Crippen LogP contribution in [0.2, 0.25) is 0 Å². The smallest absolute Gasteiger partial charge is 0.368 e. The number of hydrogen-bond donors (Lipinski definition) is 2. The summed E-state index contributed by atoms with van der Waals surface area (Å²) in [5.74, 6) is 0.278. The van der Waals surface area contributed by atoms with Gasteiger partial charge in [0.25, 0.3) is 6.35 Å². The molecule has 1 atom stereocenters. The van der Waals surface area contributed by atoms with E-state index in [-0.39, 0.29) is 17.9 Å². The summed E-state index contributed by atoms with van der Waals surface area (Å²) in [4.78, 5) is 16.8. The highest BCUT2D eigenvalue weighted by Crippen LogP contribution is 2.44. The van der Waals surface area contributed by atoms with Gasteiger partial charge in [-0.05, 0) is 17.4 Å². The lowest BCUT2D eigenvalue weighted by molar-refractivity contribution is 0.0623. The van der Waals surface area contributed by atoms with E-state index in [2.05, 4.69) is 15.1 Å². The zero-order valence-electron chi connectivity index (χ0n) is 10.1. The highest BCUT2D eigenvalue weighted by Gasteiger charge is 2.46. The standard InChI is InChI=1S/C10H12N5O3P/c11-9-13-5-12-8-7(4-14-15(8)9)3-10(1-2-10)18-6-19(16)17/h4-5H,1-3,6H2,(H2-,11,12,13,16,17)/p+1. The van der Waals surface area contributed by atoms with Crippen LogP contribution in [0, 0.1) is 0 Å². The maximum absolute atomic E-state index is 10.7. The predicted octanol–water partition coefficient (Wildman–Crippen LogP) is 0.490. The Hall–Kier alpha value is -1.63. The van der Waals surface area contributed by atoms with E-state index < -0.39 is 8.03 Å². The minimum absolute atomic E-state index is 0.133. The fraction of sp³-hybridized carbons (Fsp3) is 0.500. The summed E-state index contributed by atoms with van der Waals surface area (Å²) in [6.07, 6.45) is 5.29. The lowest BCUT2D eigenvalue weighted by atomic mass is 10.1. The van der Waals surface area contributed by atoms with Gasteiger partial charge >= 0.3 is 8.03 Å². The van der Waals surface area contributed by atoms with E-state index in [1.807, 2.05) is 0 Å². The molecule has 0 radical (unpaired) electrons. The van der Waals surface area contributed by atoms with Gasteiger partial charge in [-0.2, -0.15) is 14.5 Å². The molecule has 0 saturated heterocycles. The maximum atomic E-state index is 10.7. The Bertz CT molecular complexity index is 639. The zero-order valence-corrected chi connectivity index (χ0v) is 11.0. The number of fused-ring (bicyclic) bond motifs is 1. The van der Waals surface area contributed by atoms with Crippen molar-refractivity contribution in [3.8, 4) is 0 Å². The van der Waals surface area contributed by atoms with Gasteiger partial charge in [-0.1, -0.05) is 0 Å². The first-order chi connectivity index (χ1) is 9.10. The molecule has 2 aromatic heterocycles. The third-order valence-corrected chi connectivity index (χ3v) is 3.56. The minimum Gasteiger partial charge on any atom is -0.368 e. The Balaban J connectivity index is 1.82. The predicted molar refractivity (Wildman–Crippen MR) is 66.6 cm³/mol. The lowest BCUT2D eigenvalue weighted by Gasteiger charge is -2.11. The van der Waals surface area contributed by atoms with Crippen LogP contribution in [-0.2, 0) is 15.7 Å². The van der Waals surface area contributed by atoms with Crippen molar-refractivity contribution in [3.63, 3.8) is 0 Å². The Morgan fingerprint density at radius 2 is 2.32 bits per heavy atom. The van der Waals surface area contributed by atoms with Crippen LogP contribution < -0.4 is 5.73 Å². The molecule has 9 heteroatoms. The normalized spacial score (nSPS) is 17.6. The van der Waals surface area contributed by atoms with Crippen molar-refractivity contribution in [3.05, 3.63) is 18.1 Å². The minimum atomic E-state index is -2.27. The number of ether oxygens (including phenoxy) is 1. The molecule has 0 aliphatic heterocycles. The number of nitrogens with zero attached hydrogens (tertiary/aromatic N) is 4. The molecule has 8 nitrogen and oxygen atoms in total. The second kappa shape index (κ2) is 4.48. The van der Waals surface area contributed by atoms with Gasteiger partial charge < -0.3 is 10.5 Å². The largest absolute Gasteiger partial charge is 0.534 e. The summed E-state index contributed by atoms with van der Waals surface area (Å²) < 4.78 is 17.7. The Labute approximate surface area is 109 Å². The Kier molecular flexibility index (Phi) is 2.93. The fourth-order valence-electron chi connectivity index (χ4n) is 2.05. The molecule has 0 spiro atoms. The highest BCUT2D eigenvalue weighted by molar-refractivity contribution is 7.37. The average molecular weight is 282 g/mol. The molecule has 1 saturated carbocycles. The van der Waals surface area contributed by atoms with E-state index in [1.165, 1.54) is 10.8 Å². The average Bonchev–Trinajstić information content (AvgIpc) is 3.02. The van der Waals surface area contributed by atoms with Crippen LogP contribution in [0.25, 0.3) is 5.65 Å². The van der Waals surface area contributed by atoms with Crippen molar-refractivity contribution < 1.29 is 14.2 Å². The van der Waals surface area contributed by atoms with Gasteiger partial charge in [0, 0.05) is 12.0 Å². The van der Waals surface area contributed by atoms with Crippen LogP contribution in [0.1, 0.15) is 18.4 Å². The fourth-order valence-corrected chi connectivity index (χ4v) is 2.44. The Morgan fingerprint density at radius 3 is 3.00 bits per heavy atom. The summed E-state index contributed by atoms with van der Waals surface area (Å²) in [5, 5.41) is 4.13. The summed E-state index contributed by atoms with van der Waals surface area (Å²) in [6.45, 7) is 0. The van der Waals surface area contributed by atoms with Gasteiger partial charge in [-0.3, -0.25) is 0 Å². The molecule has 0 bridgehead atoms. The number of anilines is 1. The molecule has 1 aliphatic rings. The van der Waals surface area contributed by atoms with Gasteiger partial charge in [0.2, 0.25) is 5.95 Å². The molecule has 2 aromatic rings. The molecule has 100 valence electrons. The lowest BCUT2D eigenvalue weighted by Crippen LogP contribution is -2.17. The molecule has 1 aliphatic carbocycles. The molecule has 0 aromatic carbocycles. The first-order valence-electron chi connectivity index (χ1n) is 5.80. The van der Waals surface area contributed by atoms with E-state index in [0.29, 0.717) is 12.1 Å². The second-order valence-corrected chi connectivity index (χ2v) is 5.59. The van der Waals surface area contributed by atoms with Crippen molar-refractivity contribution >= 4 is 19.6 Å². The van der Waals surface area contributed by atoms with E-state index in [9.17, 15) is 4.57 Å². The number of nitrogens with two attached hydrogens (primary N) is 1. The van der Waals surface area contributed by atoms with E-state index in [0.717, 1.165) is 18.4 Å². The number of hydrogen-bond acceptors (Lipinski definition) is 6. The van der Waals surface area contributed by atoms with Crippen molar-refractivity contribution in [1.29, 1.82) is 0 Å². The van der Waals surface area contributed by atoms with Crippen LogP contribution in [0.15, 0.2) is 12.5 Å². The summed E-state index contributed by atoms with van der Waals surface area (Å²) in [7, 11) is -2.27. The van der Waals surface area contributed by atoms with Crippen LogP contribution in [0.3, 0.4) is 0 Å². The van der Waals surface area contributed by atoms with Crippen LogP contribution in [0.5, 0.6) is 0 Å².